The number of hydrogen-bond acceptors (Lipinski definition) is 4. The van der Waals surface area contributed by atoms with Crippen molar-refractivity contribution in [2.75, 3.05) is 5.75 Å². The van der Waals surface area contributed by atoms with Crippen molar-refractivity contribution in [2.24, 2.45) is 0 Å². The first-order valence-electron chi connectivity index (χ1n) is 5.00. The van der Waals surface area contributed by atoms with Crippen LogP contribution in [-0.4, -0.2) is 26.8 Å². The molecule has 6 heteroatoms. The Morgan fingerprint density at radius 1 is 1.56 bits per heavy atom. The van der Waals surface area contributed by atoms with Gasteiger partial charge in [0.1, 0.15) is 0 Å². The second-order valence-corrected chi connectivity index (χ2v) is 4.47. The van der Waals surface area contributed by atoms with E-state index in [4.69, 9.17) is 5.11 Å². The molecule has 0 bridgehead atoms. The van der Waals surface area contributed by atoms with Crippen molar-refractivity contribution in [1.82, 2.24) is 9.97 Å². The molecule has 1 aromatic rings. The number of carboxylic acid groups (broad SMARTS) is 1. The van der Waals surface area contributed by atoms with Crippen LogP contribution in [0.15, 0.2) is 16.0 Å². The number of carbonyl (C=O) groups is 1. The smallest absolute Gasteiger partial charge is 0.303 e. The molecule has 88 valence electrons. The molecule has 0 saturated heterocycles. The van der Waals surface area contributed by atoms with Gasteiger partial charge in [0.2, 0.25) is 0 Å². The zero-order valence-electron chi connectivity index (χ0n) is 9.02. The number of aliphatic carboxylic acids is 1. The van der Waals surface area contributed by atoms with Crippen LogP contribution in [0, 0.1) is 6.92 Å². The number of nitrogens with zero attached hydrogens (tertiary/aromatic N) is 1. The topological polar surface area (TPSA) is 83.0 Å². The molecule has 0 amide bonds. The van der Waals surface area contributed by atoms with E-state index in [0.29, 0.717) is 17.3 Å². The Balaban J connectivity index is 2.32. The van der Waals surface area contributed by atoms with Crippen molar-refractivity contribution in [3.8, 4) is 0 Å². The van der Waals surface area contributed by atoms with Crippen LogP contribution in [0.3, 0.4) is 0 Å². The van der Waals surface area contributed by atoms with Crippen molar-refractivity contribution in [3.05, 3.63) is 22.1 Å². The van der Waals surface area contributed by atoms with Crippen molar-refractivity contribution < 1.29 is 9.90 Å². The SMILES string of the molecule is Cc1cc(=O)[nH]c(SCCCCC(=O)O)n1. The molecule has 0 spiro atoms. The average Bonchev–Trinajstić information content (AvgIpc) is 2.15. The summed E-state index contributed by atoms with van der Waals surface area (Å²) in [5, 5.41) is 9.03. The lowest BCUT2D eigenvalue weighted by molar-refractivity contribution is -0.137. The first-order valence-corrected chi connectivity index (χ1v) is 5.99. The third-order valence-corrected chi connectivity index (χ3v) is 2.83. The highest BCUT2D eigenvalue weighted by atomic mass is 32.2. The molecule has 0 aliphatic rings. The fourth-order valence-electron chi connectivity index (χ4n) is 1.17. The summed E-state index contributed by atoms with van der Waals surface area (Å²) >= 11 is 1.44. The minimum absolute atomic E-state index is 0.152. The van der Waals surface area contributed by atoms with Gasteiger partial charge in [0, 0.05) is 23.9 Å². The normalized spacial score (nSPS) is 10.3. The molecule has 0 saturated carbocycles. The second kappa shape index (κ2) is 6.32. The van der Waals surface area contributed by atoms with E-state index in [1.807, 2.05) is 0 Å². The van der Waals surface area contributed by atoms with Gasteiger partial charge in [-0.25, -0.2) is 4.98 Å². The van der Waals surface area contributed by atoms with Gasteiger partial charge in [-0.2, -0.15) is 0 Å². The summed E-state index contributed by atoms with van der Waals surface area (Å²) in [6.07, 6.45) is 1.64. The molecular weight excluding hydrogens is 228 g/mol. The summed E-state index contributed by atoms with van der Waals surface area (Å²) in [4.78, 5) is 28.1. The Hall–Kier alpha value is -1.30. The van der Waals surface area contributed by atoms with Gasteiger partial charge in [-0.3, -0.25) is 9.59 Å². The van der Waals surface area contributed by atoms with E-state index in [1.54, 1.807) is 6.92 Å². The van der Waals surface area contributed by atoms with Crippen LogP contribution in [-0.2, 0) is 4.79 Å². The maximum atomic E-state index is 11.1. The highest BCUT2D eigenvalue weighted by Crippen LogP contribution is 2.13. The third-order valence-electron chi connectivity index (χ3n) is 1.87. The highest BCUT2D eigenvalue weighted by molar-refractivity contribution is 7.99. The molecule has 1 aromatic heterocycles. The molecule has 1 rings (SSSR count). The van der Waals surface area contributed by atoms with Crippen LogP contribution in [0.5, 0.6) is 0 Å². The van der Waals surface area contributed by atoms with Crippen LogP contribution in [0.1, 0.15) is 25.0 Å². The van der Waals surface area contributed by atoms with Crippen LogP contribution in [0.4, 0.5) is 0 Å². The largest absolute Gasteiger partial charge is 0.481 e. The van der Waals surface area contributed by atoms with Gasteiger partial charge in [0.15, 0.2) is 5.16 Å². The van der Waals surface area contributed by atoms with Gasteiger partial charge in [-0.1, -0.05) is 11.8 Å². The standard InChI is InChI=1S/C10H14N2O3S/c1-7-6-8(13)12-10(11-7)16-5-3-2-4-9(14)15/h6H,2-5H2,1H3,(H,14,15)(H,11,12,13). The van der Waals surface area contributed by atoms with Gasteiger partial charge >= 0.3 is 5.97 Å². The van der Waals surface area contributed by atoms with Gasteiger partial charge < -0.3 is 10.1 Å². The molecule has 5 nitrogen and oxygen atoms in total. The van der Waals surface area contributed by atoms with E-state index in [0.717, 1.165) is 12.2 Å². The first kappa shape index (κ1) is 12.8. The number of carboxylic acids is 1. The summed E-state index contributed by atoms with van der Waals surface area (Å²) in [6.45, 7) is 1.77. The number of aryl methyl sites for hydroxylation is 1. The summed E-state index contributed by atoms with van der Waals surface area (Å²) in [5.41, 5.74) is 0.539. The molecule has 0 fully saturated rings. The van der Waals surface area contributed by atoms with Crippen molar-refractivity contribution in [2.45, 2.75) is 31.3 Å². The second-order valence-electron chi connectivity index (χ2n) is 3.39. The van der Waals surface area contributed by atoms with E-state index in [9.17, 15) is 9.59 Å². The quantitative estimate of drug-likeness (QED) is 0.448. The fraction of sp³-hybridized carbons (Fsp3) is 0.500. The first-order chi connectivity index (χ1) is 7.58. The molecule has 0 unspecified atom stereocenters. The lowest BCUT2D eigenvalue weighted by Gasteiger charge is -2.00. The molecule has 0 aliphatic heterocycles. The Morgan fingerprint density at radius 3 is 2.94 bits per heavy atom. The number of aromatic nitrogens is 2. The molecular formula is C10H14N2O3S. The Morgan fingerprint density at radius 2 is 2.31 bits per heavy atom. The fourth-order valence-corrected chi connectivity index (χ4v) is 2.09. The number of unbranched alkanes of at least 4 members (excludes halogenated alkanes) is 1. The molecule has 2 N–H and O–H groups in total. The molecule has 16 heavy (non-hydrogen) atoms. The number of aromatic amines is 1. The van der Waals surface area contributed by atoms with E-state index < -0.39 is 5.97 Å². The molecule has 0 aliphatic carbocycles. The molecule has 0 atom stereocenters. The molecule has 0 aromatic carbocycles. The third kappa shape index (κ3) is 4.97. The summed E-state index contributed by atoms with van der Waals surface area (Å²) in [6, 6.07) is 1.44. The summed E-state index contributed by atoms with van der Waals surface area (Å²) in [7, 11) is 0. The average molecular weight is 242 g/mol. The van der Waals surface area contributed by atoms with Crippen molar-refractivity contribution in [3.63, 3.8) is 0 Å². The predicted octanol–water partition coefficient (Wildman–Crippen LogP) is 1.43. The minimum Gasteiger partial charge on any atom is -0.481 e. The lowest BCUT2D eigenvalue weighted by Crippen LogP contribution is -2.08. The number of rotatable bonds is 6. The lowest BCUT2D eigenvalue weighted by atomic mass is 10.3. The van der Waals surface area contributed by atoms with Crippen LogP contribution >= 0.6 is 11.8 Å². The maximum absolute atomic E-state index is 11.1. The van der Waals surface area contributed by atoms with Crippen molar-refractivity contribution >= 4 is 17.7 Å². The van der Waals surface area contributed by atoms with Gasteiger partial charge in [0.05, 0.1) is 0 Å². The Labute approximate surface area is 97.3 Å². The zero-order valence-corrected chi connectivity index (χ0v) is 9.84. The number of hydrogen-bond donors (Lipinski definition) is 2. The predicted molar refractivity (Wildman–Crippen MR) is 61.8 cm³/mol. The van der Waals surface area contributed by atoms with Gasteiger partial charge in [-0.15, -0.1) is 0 Å². The van der Waals surface area contributed by atoms with E-state index >= 15 is 0 Å². The zero-order chi connectivity index (χ0) is 12.0. The summed E-state index contributed by atoms with van der Waals surface area (Å²) in [5.74, 6) is -0.00765. The van der Waals surface area contributed by atoms with Crippen molar-refractivity contribution in [1.29, 1.82) is 0 Å². The van der Waals surface area contributed by atoms with Crippen LogP contribution < -0.4 is 5.56 Å². The summed E-state index contributed by atoms with van der Waals surface area (Å²) < 4.78 is 0. The van der Waals surface area contributed by atoms with E-state index in [-0.39, 0.29) is 12.0 Å². The van der Waals surface area contributed by atoms with Crippen LogP contribution in [0.2, 0.25) is 0 Å². The Bertz CT molecular complexity index is 417. The highest BCUT2D eigenvalue weighted by Gasteiger charge is 2.00. The van der Waals surface area contributed by atoms with E-state index in [2.05, 4.69) is 9.97 Å². The minimum atomic E-state index is -0.771. The van der Waals surface area contributed by atoms with Crippen LogP contribution in [0.25, 0.3) is 0 Å². The Kier molecular flexibility index (Phi) is 5.04. The number of nitrogens with one attached hydrogen (secondary N) is 1. The van der Waals surface area contributed by atoms with E-state index in [1.165, 1.54) is 17.8 Å². The maximum Gasteiger partial charge on any atom is 0.303 e. The molecule has 1 heterocycles. The number of H-pyrrole nitrogens is 1. The molecule has 0 radical (unpaired) electrons. The monoisotopic (exact) mass is 242 g/mol. The number of thioether (sulfide) groups is 1. The van der Waals surface area contributed by atoms with Gasteiger partial charge in [0.25, 0.3) is 5.56 Å². The van der Waals surface area contributed by atoms with Gasteiger partial charge in [-0.05, 0) is 19.8 Å².